The van der Waals surface area contributed by atoms with Gasteiger partial charge in [0.15, 0.2) is 0 Å². The Labute approximate surface area is 152 Å². The van der Waals surface area contributed by atoms with Gasteiger partial charge in [0.1, 0.15) is 0 Å². The lowest BCUT2D eigenvalue weighted by Gasteiger charge is -2.34. The zero-order valence-corrected chi connectivity index (χ0v) is 14.9. The van der Waals surface area contributed by atoms with Crippen LogP contribution in [-0.2, 0) is 0 Å². The summed E-state index contributed by atoms with van der Waals surface area (Å²) in [5.41, 5.74) is 2.89. The van der Waals surface area contributed by atoms with E-state index in [0.717, 1.165) is 53.5 Å². The van der Waals surface area contributed by atoms with Gasteiger partial charge in [0, 0.05) is 43.4 Å². The van der Waals surface area contributed by atoms with Gasteiger partial charge in [0.05, 0.1) is 16.2 Å². The third-order valence-electron chi connectivity index (χ3n) is 4.54. The smallest absolute Gasteiger partial charge is 0.227 e. The average Bonchev–Trinajstić information content (AvgIpc) is 2.63. The zero-order valence-electron chi connectivity index (χ0n) is 14.1. The highest BCUT2D eigenvalue weighted by Crippen LogP contribution is 2.30. The fraction of sp³-hybridized carbons (Fsp3) is 0.263. The Morgan fingerprint density at radius 2 is 1.84 bits per heavy atom. The monoisotopic (exact) mass is 353 g/mol. The molecular formula is C19H20ClN5. The fourth-order valence-corrected chi connectivity index (χ4v) is 3.35. The number of hydrogen-bond acceptors (Lipinski definition) is 5. The standard InChI is InChI=1S/C19H20ClN5/c1-24-8-10-25(11-9-24)18-7-6-15(12-16(18)20)22-19-21-13-14-4-2-3-5-17(14)23-19/h2-7,12-13H,8-11H2,1H3,(H,21,22,23). The quantitative estimate of drug-likeness (QED) is 0.776. The van der Waals surface area contributed by atoms with Crippen molar-refractivity contribution in [2.75, 3.05) is 43.4 Å². The maximum atomic E-state index is 6.52. The molecule has 0 saturated carbocycles. The molecule has 0 atom stereocenters. The van der Waals surface area contributed by atoms with Gasteiger partial charge in [-0.2, -0.15) is 0 Å². The number of nitrogens with one attached hydrogen (secondary N) is 1. The number of fused-ring (bicyclic) bond motifs is 1. The van der Waals surface area contributed by atoms with Gasteiger partial charge in [-0.05, 0) is 31.3 Å². The lowest BCUT2D eigenvalue weighted by molar-refractivity contribution is 0.313. The highest BCUT2D eigenvalue weighted by atomic mass is 35.5. The largest absolute Gasteiger partial charge is 0.368 e. The summed E-state index contributed by atoms with van der Waals surface area (Å²) in [5, 5.41) is 5.01. The van der Waals surface area contributed by atoms with Gasteiger partial charge in [-0.3, -0.25) is 0 Å². The molecule has 25 heavy (non-hydrogen) atoms. The molecule has 1 aliphatic rings. The summed E-state index contributed by atoms with van der Waals surface area (Å²) < 4.78 is 0. The van der Waals surface area contributed by atoms with Crippen molar-refractivity contribution in [2.45, 2.75) is 0 Å². The predicted octanol–water partition coefficient (Wildman–Crippen LogP) is 3.78. The molecule has 0 spiro atoms. The molecule has 5 nitrogen and oxygen atoms in total. The molecule has 128 valence electrons. The molecule has 0 radical (unpaired) electrons. The minimum atomic E-state index is 0.571. The van der Waals surface area contributed by atoms with E-state index in [0.29, 0.717) is 5.95 Å². The highest BCUT2D eigenvalue weighted by Gasteiger charge is 2.16. The maximum absolute atomic E-state index is 6.52. The number of hydrogen-bond donors (Lipinski definition) is 1. The fourth-order valence-electron chi connectivity index (χ4n) is 3.05. The number of aromatic nitrogens is 2. The number of nitrogens with zero attached hydrogens (tertiary/aromatic N) is 4. The molecule has 1 N–H and O–H groups in total. The van der Waals surface area contributed by atoms with Gasteiger partial charge in [-0.25, -0.2) is 9.97 Å². The van der Waals surface area contributed by atoms with E-state index in [4.69, 9.17) is 11.6 Å². The summed E-state index contributed by atoms with van der Waals surface area (Å²) in [5.74, 6) is 0.571. The number of likely N-dealkylation sites (N-methyl/N-ethyl adjacent to an activating group) is 1. The molecule has 1 fully saturated rings. The van der Waals surface area contributed by atoms with Crippen LogP contribution in [0.4, 0.5) is 17.3 Å². The first-order valence-electron chi connectivity index (χ1n) is 8.41. The number of rotatable bonds is 3. The SMILES string of the molecule is CN1CCN(c2ccc(Nc3ncc4ccccc4n3)cc2Cl)CC1. The Morgan fingerprint density at radius 3 is 2.64 bits per heavy atom. The van der Waals surface area contributed by atoms with E-state index in [-0.39, 0.29) is 0 Å². The van der Waals surface area contributed by atoms with E-state index < -0.39 is 0 Å². The molecule has 0 bridgehead atoms. The molecule has 1 aromatic heterocycles. The molecule has 2 heterocycles. The minimum absolute atomic E-state index is 0.571. The van der Waals surface area contributed by atoms with Crippen LogP contribution >= 0.6 is 11.6 Å². The van der Waals surface area contributed by atoms with E-state index in [9.17, 15) is 0 Å². The number of anilines is 3. The number of halogens is 1. The summed E-state index contributed by atoms with van der Waals surface area (Å²) in [6.07, 6.45) is 1.82. The molecule has 0 aliphatic carbocycles. The van der Waals surface area contributed by atoms with E-state index in [1.807, 2.05) is 42.6 Å². The summed E-state index contributed by atoms with van der Waals surface area (Å²) in [4.78, 5) is 13.6. The van der Waals surface area contributed by atoms with Gasteiger partial charge in [-0.1, -0.05) is 29.8 Å². The van der Waals surface area contributed by atoms with Crippen LogP contribution < -0.4 is 10.2 Å². The Balaban J connectivity index is 1.53. The molecular weight excluding hydrogens is 334 g/mol. The molecule has 2 aromatic carbocycles. The molecule has 3 aromatic rings. The van der Waals surface area contributed by atoms with Crippen molar-refractivity contribution >= 4 is 39.8 Å². The zero-order chi connectivity index (χ0) is 17.2. The van der Waals surface area contributed by atoms with Gasteiger partial charge in [0.25, 0.3) is 0 Å². The minimum Gasteiger partial charge on any atom is -0.368 e. The van der Waals surface area contributed by atoms with Crippen molar-refractivity contribution in [3.8, 4) is 0 Å². The van der Waals surface area contributed by atoms with E-state index >= 15 is 0 Å². The molecule has 0 amide bonds. The molecule has 1 saturated heterocycles. The van der Waals surface area contributed by atoms with Gasteiger partial charge < -0.3 is 15.1 Å². The van der Waals surface area contributed by atoms with Crippen LogP contribution in [0.15, 0.2) is 48.7 Å². The summed E-state index contributed by atoms with van der Waals surface area (Å²) >= 11 is 6.52. The van der Waals surface area contributed by atoms with Crippen LogP contribution in [0.3, 0.4) is 0 Å². The van der Waals surface area contributed by atoms with Crippen LogP contribution in [0.5, 0.6) is 0 Å². The van der Waals surface area contributed by atoms with Crippen molar-refractivity contribution < 1.29 is 0 Å². The number of piperazine rings is 1. The Bertz CT molecular complexity index is 890. The van der Waals surface area contributed by atoms with Crippen LogP contribution in [0, 0.1) is 0 Å². The molecule has 4 rings (SSSR count). The lowest BCUT2D eigenvalue weighted by Crippen LogP contribution is -2.44. The Kier molecular flexibility index (Phi) is 4.42. The van der Waals surface area contributed by atoms with Crippen molar-refractivity contribution in [1.82, 2.24) is 14.9 Å². The first kappa shape index (κ1) is 16.1. The number of para-hydroxylation sites is 1. The van der Waals surface area contributed by atoms with Gasteiger partial charge >= 0.3 is 0 Å². The van der Waals surface area contributed by atoms with E-state index in [1.165, 1.54) is 0 Å². The third kappa shape index (κ3) is 3.52. The second-order valence-electron chi connectivity index (χ2n) is 6.33. The normalized spacial score (nSPS) is 15.5. The predicted molar refractivity (Wildman–Crippen MR) is 104 cm³/mol. The van der Waals surface area contributed by atoms with E-state index in [1.54, 1.807) is 0 Å². The molecule has 1 aliphatic heterocycles. The summed E-state index contributed by atoms with van der Waals surface area (Å²) in [6, 6.07) is 14.0. The summed E-state index contributed by atoms with van der Waals surface area (Å²) in [7, 11) is 2.15. The van der Waals surface area contributed by atoms with Crippen LogP contribution in [-0.4, -0.2) is 48.1 Å². The van der Waals surface area contributed by atoms with Crippen LogP contribution in [0.1, 0.15) is 0 Å². The van der Waals surface area contributed by atoms with Crippen LogP contribution in [0.2, 0.25) is 5.02 Å². The second kappa shape index (κ2) is 6.86. The van der Waals surface area contributed by atoms with Crippen molar-refractivity contribution in [1.29, 1.82) is 0 Å². The van der Waals surface area contributed by atoms with Gasteiger partial charge in [0.2, 0.25) is 5.95 Å². The van der Waals surface area contributed by atoms with Crippen LogP contribution in [0.25, 0.3) is 10.9 Å². The first-order valence-corrected chi connectivity index (χ1v) is 8.79. The molecule has 0 unspecified atom stereocenters. The van der Waals surface area contributed by atoms with Gasteiger partial charge in [-0.15, -0.1) is 0 Å². The average molecular weight is 354 g/mol. The first-order chi connectivity index (χ1) is 12.2. The van der Waals surface area contributed by atoms with Crippen molar-refractivity contribution in [3.63, 3.8) is 0 Å². The van der Waals surface area contributed by atoms with Crippen molar-refractivity contribution in [2.24, 2.45) is 0 Å². The topological polar surface area (TPSA) is 44.3 Å². The lowest BCUT2D eigenvalue weighted by atomic mass is 10.2. The number of benzene rings is 2. The van der Waals surface area contributed by atoms with E-state index in [2.05, 4.69) is 38.2 Å². The third-order valence-corrected chi connectivity index (χ3v) is 4.84. The van der Waals surface area contributed by atoms with Crippen molar-refractivity contribution in [3.05, 3.63) is 53.7 Å². The highest BCUT2D eigenvalue weighted by molar-refractivity contribution is 6.33. The Morgan fingerprint density at radius 1 is 1.04 bits per heavy atom. The maximum Gasteiger partial charge on any atom is 0.227 e. The Hall–Kier alpha value is -2.37. The molecule has 6 heteroatoms. The summed E-state index contributed by atoms with van der Waals surface area (Å²) in [6.45, 7) is 4.11. The second-order valence-corrected chi connectivity index (χ2v) is 6.74.